The lowest BCUT2D eigenvalue weighted by molar-refractivity contribution is -0.273. The van der Waals surface area contributed by atoms with Gasteiger partial charge in [0, 0.05) is 57.5 Å². The summed E-state index contributed by atoms with van der Waals surface area (Å²) in [5, 5.41) is 3.49. The highest BCUT2D eigenvalue weighted by atomic mass is 16.7. The first-order chi connectivity index (χ1) is 19.6. The molecule has 7 aliphatic rings. The molecular weight excluding hydrogens is 510 g/mol. The molecule has 1 N–H and O–H groups in total. The summed E-state index contributed by atoms with van der Waals surface area (Å²) in [5.74, 6) is 5.09. The highest BCUT2D eigenvalue weighted by Gasteiger charge is 2.69. The van der Waals surface area contributed by atoms with E-state index in [0.29, 0.717) is 47.2 Å². The van der Waals surface area contributed by atoms with E-state index >= 15 is 0 Å². The van der Waals surface area contributed by atoms with Crippen LogP contribution in [-0.2, 0) is 14.3 Å². The fraction of sp³-hybridized carbons (Fsp3) is 0.971. The van der Waals surface area contributed by atoms with Gasteiger partial charge in [0.15, 0.2) is 5.79 Å². The van der Waals surface area contributed by atoms with E-state index in [-0.39, 0.29) is 11.7 Å². The number of nitrogens with zero attached hydrogens (tertiary/aromatic N) is 2. The molecule has 0 aromatic carbocycles. The van der Waals surface area contributed by atoms with Gasteiger partial charge < -0.3 is 24.6 Å². The Morgan fingerprint density at radius 1 is 0.902 bits per heavy atom. The minimum absolute atomic E-state index is 0.278. The Hall–Kier alpha value is -0.690. The van der Waals surface area contributed by atoms with Crippen molar-refractivity contribution in [3.63, 3.8) is 0 Å². The normalized spacial score (nSPS) is 52.0. The Balaban J connectivity index is 0.964. The number of likely N-dealkylation sites (N-methyl/N-ethyl adjacent to an activating group) is 1. The number of piperazine rings is 1. The van der Waals surface area contributed by atoms with Crippen LogP contribution in [0.5, 0.6) is 0 Å². The third kappa shape index (κ3) is 4.84. The number of fused-ring (bicyclic) bond motifs is 7. The summed E-state index contributed by atoms with van der Waals surface area (Å²) in [7, 11) is 2.19. The molecule has 3 heterocycles. The Morgan fingerprint density at radius 2 is 1.68 bits per heavy atom. The summed E-state index contributed by atoms with van der Waals surface area (Å²) in [4.78, 5) is 17.8. The molecule has 7 rings (SSSR count). The molecule has 7 fully saturated rings. The smallest absolute Gasteiger partial charge is 0.221 e. The predicted molar refractivity (Wildman–Crippen MR) is 162 cm³/mol. The molecule has 0 aromatic heterocycles. The molecule has 3 aliphatic heterocycles. The van der Waals surface area contributed by atoms with Crippen LogP contribution in [0.15, 0.2) is 0 Å². The van der Waals surface area contributed by atoms with Gasteiger partial charge in [0.2, 0.25) is 5.91 Å². The first-order valence-corrected chi connectivity index (χ1v) is 17.6. The molecule has 3 saturated heterocycles. The van der Waals surface area contributed by atoms with Gasteiger partial charge in [-0.25, -0.2) is 0 Å². The van der Waals surface area contributed by atoms with Crippen LogP contribution < -0.4 is 5.32 Å². The number of amides is 1. The van der Waals surface area contributed by atoms with Crippen LogP contribution in [0.25, 0.3) is 0 Å². The van der Waals surface area contributed by atoms with Crippen LogP contribution >= 0.6 is 0 Å². The number of ether oxygens (including phenoxy) is 2. The van der Waals surface area contributed by atoms with Crippen molar-refractivity contribution in [2.24, 2.45) is 52.3 Å². The largest absolute Gasteiger partial charge is 0.353 e. The van der Waals surface area contributed by atoms with Crippen LogP contribution in [0.2, 0.25) is 0 Å². The zero-order valence-corrected chi connectivity index (χ0v) is 26.8. The van der Waals surface area contributed by atoms with Crippen molar-refractivity contribution in [3.8, 4) is 0 Å². The van der Waals surface area contributed by atoms with Gasteiger partial charge in [-0.2, -0.15) is 0 Å². The maximum atomic E-state index is 12.9. The standard InChI is InChI=1S/C35H59N3O3/c1-23-8-14-35(40-22-23)24(2)32-30(41-35)21-29-27-7-6-25-20-26(9-12-33(25,3)28(27)10-13-34(29,32)4)36-31(39)11-15-38-18-16-37(5)17-19-38/h23-30,32H,6-22H2,1-5H3,(H,36,39)/t23-,24+,25+,26+,27-,28+,29+,30+,32+,33+,34+,35-/m1/s1. The van der Waals surface area contributed by atoms with Crippen molar-refractivity contribution < 1.29 is 14.3 Å². The summed E-state index contributed by atoms with van der Waals surface area (Å²) in [6.07, 6.45) is 13.8. The molecule has 0 aromatic rings. The van der Waals surface area contributed by atoms with Crippen LogP contribution in [0.3, 0.4) is 0 Å². The molecule has 1 amide bonds. The van der Waals surface area contributed by atoms with Crippen molar-refractivity contribution in [2.45, 2.75) is 116 Å². The minimum Gasteiger partial charge on any atom is -0.353 e. The number of carbonyl (C=O) groups excluding carboxylic acids is 1. The van der Waals surface area contributed by atoms with Gasteiger partial charge in [-0.05, 0) is 111 Å². The van der Waals surface area contributed by atoms with Gasteiger partial charge in [-0.3, -0.25) is 4.79 Å². The molecule has 1 spiro atoms. The van der Waals surface area contributed by atoms with Gasteiger partial charge in [0.25, 0.3) is 0 Å². The van der Waals surface area contributed by atoms with Gasteiger partial charge in [-0.15, -0.1) is 0 Å². The number of hydrogen-bond donors (Lipinski definition) is 1. The SMILES string of the molecule is C[C@@H]1CC[C@@]2(OC1)O[C@H]1C[C@H]3[C@@H]4CC[C@H]5C[C@@H](NC(=O)CCN6CCN(C)CC6)CC[C@]5(C)[C@H]4CC[C@]3(C)[C@H]1[C@@H]2C. The maximum Gasteiger partial charge on any atom is 0.221 e. The molecule has 41 heavy (non-hydrogen) atoms. The second-order valence-electron chi connectivity index (χ2n) is 16.6. The molecule has 12 atom stereocenters. The fourth-order valence-electron chi connectivity index (χ4n) is 12.0. The number of rotatable bonds is 4. The van der Waals surface area contributed by atoms with Crippen LogP contribution in [-0.4, -0.2) is 80.0 Å². The molecule has 0 unspecified atom stereocenters. The average Bonchev–Trinajstić information content (AvgIpc) is 3.40. The second-order valence-corrected chi connectivity index (χ2v) is 16.6. The lowest BCUT2D eigenvalue weighted by Crippen LogP contribution is -2.56. The zero-order chi connectivity index (χ0) is 28.6. The quantitative estimate of drug-likeness (QED) is 0.481. The maximum absolute atomic E-state index is 12.9. The molecule has 0 radical (unpaired) electrons. The molecule has 6 nitrogen and oxygen atoms in total. The van der Waals surface area contributed by atoms with E-state index in [4.69, 9.17) is 9.47 Å². The topological polar surface area (TPSA) is 54.0 Å². The summed E-state index contributed by atoms with van der Waals surface area (Å²) < 4.78 is 13.5. The zero-order valence-electron chi connectivity index (χ0n) is 26.8. The Labute approximate surface area is 250 Å². The highest BCUT2D eigenvalue weighted by molar-refractivity contribution is 5.76. The van der Waals surface area contributed by atoms with Crippen molar-refractivity contribution in [1.82, 2.24) is 15.1 Å². The second kappa shape index (κ2) is 10.7. The van der Waals surface area contributed by atoms with E-state index in [1.807, 2.05) is 0 Å². The van der Waals surface area contributed by atoms with E-state index < -0.39 is 0 Å². The Morgan fingerprint density at radius 3 is 2.44 bits per heavy atom. The fourth-order valence-corrected chi connectivity index (χ4v) is 12.0. The number of hydrogen-bond acceptors (Lipinski definition) is 5. The summed E-state index contributed by atoms with van der Waals surface area (Å²) >= 11 is 0. The third-order valence-corrected chi connectivity index (χ3v) is 14.5. The summed E-state index contributed by atoms with van der Waals surface area (Å²) in [6, 6.07) is 0.382. The molecule has 6 heteroatoms. The lowest BCUT2D eigenvalue weighted by Gasteiger charge is -2.61. The molecule has 232 valence electrons. The minimum atomic E-state index is -0.302. The van der Waals surface area contributed by atoms with E-state index in [1.54, 1.807) is 0 Å². The van der Waals surface area contributed by atoms with Crippen molar-refractivity contribution in [1.29, 1.82) is 0 Å². The lowest BCUT2D eigenvalue weighted by atomic mass is 9.44. The molecular formula is C35H59N3O3. The van der Waals surface area contributed by atoms with E-state index in [1.165, 1.54) is 57.8 Å². The summed E-state index contributed by atoms with van der Waals surface area (Å²) in [6.45, 7) is 16.3. The molecule has 0 bridgehead atoms. The number of carbonyl (C=O) groups is 1. The monoisotopic (exact) mass is 569 g/mol. The highest BCUT2D eigenvalue weighted by Crippen LogP contribution is 2.71. The Bertz CT molecular complexity index is 974. The Kier molecular flexibility index (Phi) is 7.60. The van der Waals surface area contributed by atoms with Gasteiger partial charge in [-0.1, -0.05) is 27.7 Å². The van der Waals surface area contributed by atoms with Gasteiger partial charge >= 0.3 is 0 Å². The van der Waals surface area contributed by atoms with Crippen molar-refractivity contribution >= 4 is 5.91 Å². The van der Waals surface area contributed by atoms with Crippen molar-refractivity contribution in [2.75, 3.05) is 46.4 Å². The van der Waals surface area contributed by atoms with Crippen LogP contribution in [0.1, 0.15) is 98.3 Å². The van der Waals surface area contributed by atoms with Gasteiger partial charge in [0.05, 0.1) is 12.7 Å². The van der Waals surface area contributed by atoms with Crippen LogP contribution in [0, 0.1) is 52.3 Å². The molecule has 4 aliphatic carbocycles. The first-order valence-electron chi connectivity index (χ1n) is 17.6. The van der Waals surface area contributed by atoms with Crippen molar-refractivity contribution in [3.05, 3.63) is 0 Å². The van der Waals surface area contributed by atoms with Crippen LogP contribution in [0.4, 0.5) is 0 Å². The number of nitrogens with one attached hydrogen (secondary N) is 1. The van der Waals surface area contributed by atoms with E-state index in [9.17, 15) is 4.79 Å². The van der Waals surface area contributed by atoms with E-state index in [2.05, 4.69) is 49.9 Å². The molecule has 4 saturated carbocycles. The first kappa shape index (κ1) is 29.0. The summed E-state index contributed by atoms with van der Waals surface area (Å²) in [5.41, 5.74) is 0.846. The average molecular weight is 570 g/mol. The third-order valence-electron chi connectivity index (χ3n) is 14.5. The van der Waals surface area contributed by atoms with E-state index in [0.717, 1.165) is 69.4 Å². The van der Waals surface area contributed by atoms with Gasteiger partial charge in [0.1, 0.15) is 0 Å². The predicted octanol–water partition coefficient (Wildman–Crippen LogP) is 5.56.